The topological polar surface area (TPSA) is 231 Å². The van der Waals surface area contributed by atoms with E-state index in [9.17, 15) is 43.5 Å². The van der Waals surface area contributed by atoms with Crippen LogP contribution in [0.15, 0.2) is 170 Å². The Morgan fingerprint density at radius 3 is 0.798 bits per heavy atom. The lowest BCUT2D eigenvalue weighted by Crippen LogP contribution is -2.30. The summed E-state index contributed by atoms with van der Waals surface area (Å²) in [6.45, 7) is 2.37. The van der Waals surface area contributed by atoms with Gasteiger partial charge < -0.3 is 34.2 Å². The largest absolute Gasteiger partial charge is 0.472 e. The SMILES string of the molecule is CC/C=C\C/C=C\C/C=C\C/C=C\C/C=C\CCCCCCCCCCCCCCCC(=O)OCC(O)COP(=O)(O)OCC(O)COP(=O)(O)OCC(COC(=O)CCCCCCCCCCCCC/C=C\C/C=C\C/C=C\C/C=C\CCCCC)OC(=O)CCC/C=C\C/C=C\C/C=C\C/C=C\C/C=C\CC. The number of phosphoric ester groups is 2. The number of unbranched alkanes of at least 4 members (excludes halogenated alkanes) is 28. The number of hydrogen-bond donors (Lipinski definition) is 4. The summed E-state index contributed by atoms with van der Waals surface area (Å²) in [4.78, 5) is 58.8. The third-order valence-electron chi connectivity index (χ3n) is 17.4. The molecule has 0 saturated heterocycles. The van der Waals surface area contributed by atoms with Crippen molar-refractivity contribution in [2.24, 2.45) is 0 Å². The molecule has 0 aromatic carbocycles. The zero-order chi connectivity index (χ0) is 79.4. The van der Waals surface area contributed by atoms with Crippen molar-refractivity contribution in [3.05, 3.63) is 170 Å². The molecule has 0 aromatic heterocycles. The maximum absolute atomic E-state index is 13.0. The lowest BCUT2D eigenvalue weighted by Gasteiger charge is -2.21. The molecule has 0 aliphatic carbocycles. The lowest BCUT2D eigenvalue weighted by molar-refractivity contribution is -0.161. The van der Waals surface area contributed by atoms with Gasteiger partial charge in [0.2, 0.25) is 0 Å². The number of allylic oxidation sites excluding steroid dienone is 28. The number of aliphatic hydroxyl groups is 2. The molecule has 16 nitrogen and oxygen atoms in total. The van der Waals surface area contributed by atoms with Crippen molar-refractivity contribution in [1.29, 1.82) is 0 Å². The Balaban J connectivity index is 4.60. The van der Waals surface area contributed by atoms with Gasteiger partial charge in [0.05, 0.1) is 26.4 Å². The van der Waals surface area contributed by atoms with Crippen LogP contribution in [0.1, 0.15) is 329 Å². The molecule has 0 aliphatic rings. The molecule has 5 atom stereocenters. The van der Waals surface area contributed by atoms with E-state index in [1.807, 2.05) is 12.2 Å². The molecular formula is C91H152O16P2. The van der Waals surface area contributed by atoms with Crippen LogP contribution in [0.2, 0.25) is 0 Å². The molecule has 622 valence electrons. The van der Waals surface area contributed by atoms with Gasteiger partial charge in [-0.2, -0.15) is 0 Å². The molecule has 0 bridgehead atoms. The number of carbonyl (C=O) groups excluding carboxylic acids is 3. The molecule has 0 radical (unpaired) electrons. The Labute approximate surface area is 662 Å². The average molecular weight is 1560 g/mol. The number of rotatable bonds is 79. The lowest BCUT2D eigenvalue weighted by atomic mass is 10.0. The zero-order valence-corrected chi connectivity index (χ0v) is 70.0. The fourth-order valence-electron chi connectivity index (χ4n) is 11.0. The molecule has 0 rings (SSSR count). The predicted molar refractivity (Wildman–Crippen MR) is 454 cm³/mol. The molecule has 0 aliphatic heterocycles. The van der Waals surface area contributed by atoms with Crippen molar-refractivity contribution in [2.45, 2.75) is 347 Å². The summed E-state index contributed by atoms with van der Waals surface area (Å²) in [7, 11) is -9.83. The van der Waals surface area contributed by atoms with Crippen LogP contribution in [0.5, 0.6) is 0 Å². The van der Waals surface area contributed by atoms with Gasteiger partial charge in [-0.1, -0.05) is 332 Å². The number of ether oxygens (including phenoxy) is 3. The van der Waals surface area contributed by atoms with Crippen molar-refractivity contribution >= 4 is 33.6 Å². The van der Waals surface area contributed by atoms with Crippen LogP contribution in [0.4, 0.5) is 0 Å². The Hall–Kier alpha value is -5.09. The highest BCUT2D eigenvalue weighted by Gasteiger charge is 2.29. The van der Waals surface area contributed by atoms with Crippen LogP contribution < -0.4 is 0 Å². The minimum atomic E-state index is -4.96. The first-order valence-electron chi connectivity index (χ1n) is 42.4. The Bertz CT molecular complexity index is 2660. The minimum Gasteiger partial charge on any atom is -0.463 e. The van der Waals surface area contributed by atoms with E-state index in [4.69, 9.17) is 32.3 Å². The highest BCUT2D eigenvalue weighted by molar-refractivity contribution is 7.47. The maximum atomic E-state index is 13.0. The fraction of sp³-hybridized carbons (Fsp3) is 0.659. The van der Waals surface area contributed by atoms with E-state index in [-0.39, 0.29) is 19.3 Å². The van der Waals surface area contributed by atoms with Crippen LogP contribution in [0, 0.1) is 0 Å². The van der Waals surface area contributed by atoms with Gasteiger partial charge in [0.25, 0.3) is 0 Å². The van der Waals surface area contributed by atoms with Crippen molar-refractivity contribution in [1.82, 2.24) is 0 Å². The molecule has 0 heterocycles. The van der Waals surface area contributed by atoms with Crippen LogP contribution in [-0.2, 0) is 55.8 Å². The normalized spacial score (nSPS) is 14.7. The summed E-state index contributed by atoms with van der Waals surface area (Å²) >= 11 is 0. The second kappa shape index (κ2) is 82.4. The standard InChI is InChI=1S/C91H152O16P2/c1-4-7-10-13-16-19-22-25-28-31-33-35-37-39-41-42-44-46-47-49-51-54-56-59-62-65-68-71-74-77-89(94)101-80-86(92)81-103-108(97,98)104-82-87(93)83-105-109(99,100)106-85-88(107-91(96)79-76-73-70-67-64-61-58-53-30-27-24-21-18-15-12-9-6-3)84-102-90(95)78-75-72-69-66-63-60-57-55-52-50-48-45-43-40-38-36-34-32-29-26-23-20-17-14-11-8-5-2/h7,9-10,12,16-21,25-30,33-36,39-41,43,58,61,67,70,86-88,92-93H,4-6,8,11,13-15,22-24,31-32,37-38,42,44-57,59-60,62-66,68-69,71-85H2,1-3H3,(H,97,98)(H,99,100)/b10-7-,12-9-,19-16-,20-17-,21-18-,28-25-,29-26-,30-27-,35-33-,36-34-,41-39-,43-40-,61-58-,70-67-. The van der Waals surface area contributed by atoms with Crippen LogP contribution in [-0.4, -0.2) is 95.9 Å². The number of phosphoric acid groups is 2. The summed E-state index contributed by atoms with van der Waals surface area (Å²) in [5.74, 6) is -1.65. The van der Waals surface area contributed by atoms with E-state index in [1.54, 1.807) is 0 Å². The molecule has 0 spiro atoms. The Kier molecular flexibility index (Phi) is 78.5. The molecule has 18 heteroatoms. The van der Waals surface area contributed by atoms with Crippen molar-refractivity contribution in [3.63, 3.8) is 0 Å². The third-order valence-corrected chi connectivity index (χ3v) is 19.3. The molecule has 4 N–H and O–H groups in total. The smallest absolute Gasteiger partial charge is 0.463 e. The van der Waals surface area contributed by atoms with E-state index >= 15 is 0 Å². The fourth-order valence-corrected chi connectivity index (χ4v) is 12.6. The van der Waals surface area contributed by atoms with E-state index in [0.29, 0.717) is 25.7 Å². The monoisotopic (exact) mass is 1560 g/mol. The average Bonchev–Trinajstić information content (AvgIpc) is 0.902. The summed E-state index contributed by atoms with van der Waals surface area (Å²) in [6.07, 6.45) is 106. The first-order chi connectivity index (χ1) is 53.2. The van der Waals surface area contributed by atoms with Gasteiger partial charge >= 0.3 is 33.6 Å². The molecule has 0 fully saturated rings. The van der Waals surface area contributed by atoms with E-state index < -0.39 is 91.5 Å². The van der Waals surface area contributed by atoms with E-state index in [2.05, 4.69) is 179 Å². The number of aliphatic hydroxyl groups excluding tert-OH is 2. The molecule has 0 amide bonds. The Morgan fingerprint density at radius 1 is 0.266 bits per heavy atom. The second-order valence-electron chi connectivity index (χ2n) is 27.9. The molecule has 5 unspecified atom stereocenters. The summed E-state index contributed by atoms with van der Waals surface area (Å²) in [5, 5.41) is 20.7. The minimum absolute atomic E-state index is 0.0210. The van der Waals surface area contributed by atoms with Gasteiger partial charge in [-0.25, -0.2) is 9.13 Å². The maximum Gasteiger partial charge on any atom is 0.472 e. The number of esters is 3. The summed E-state index contributed by atoms with van der Waals surface area (Å²) < 4.78 is 61.2. The highest BCUT2D eigenvalue weighted by Crippen LogP contribution is 2.45. The van der Waals surface area contributed by atoms with Gasteiger partial charge in [-0.3, -0.25) is 32.5 Å². The Morgan fingerprint density at radius 2 is 0.495 bits per heavy atom. The van der Waals surface area contributed by atoms with Crippen molar-refractivity contribution in [3.8, 4) is 0 Å². The molecule has 0 aromatic rings. The second-order valence-corrected chi connectivity index (χ2v) is 30.8. The van der Waals surface area contributed by atoms with E-state index in [0.717, 1.165) is 141 Å². The van der Waals surface area contributed by atoms with Crippen LogP contribution in [0.3, 0.4) is 0 Å². The number of carbonyl (C=O) groups is 3. The quantitative estimate of drug-likeness (QED) is 0.0146. The van der Waals surface area contributed by atoms with Gasteiger partial charge in [-0.15, -0.1) is 0 Å². The van der Waals surface area contributed by atoms with Gasteiger partial charge in [0, 0.05) is 19.3 Å². The molecular weight excluding hydrogens is 1410 g/mol. The van der Waals surface area contributed by atoms with Gasteiger partial charge in [-0.05, 0) is 148 Å². The summed E-state index contributed by atoms with van der Waals surface area (Å²) in [6, 6.07) is 0. The van der Waals surface area contributed by atoms with Crippen LogP contribution in [0.25, 0.3) is 0 Å². The van der Waals surface area contributed by atoms with Crippen LogP contribution >= 0.6 is 15.6 Å². The first kappa shape index (κ1) is 104. The van der Waals surface area contributed by atoms with Gasteiger partial charge in [0.1, 0.15) is 25.4 Å². The first-order valence-corrected chi connectivity index (χ1v) is 45.4. The molecule has 109 heavy (non-hydrogen) atoms. The highest BCUT2D eigenvalue weighted by atomic mass is 31.2. The number of hydrogen-bond acceptors (Lipinski definition) is 14. The predicted octanol–water partition coefficient (Wildman–Crippen LogP) is 25.5. The zero-order valence-electron chi connectivity index (χ0n) is 68.2. The molecule has 0 saturated carbocycles. The van der Waals surface area contributed by atoms with Crippen molar-refractivity contribution < 1.29 is 75.8 Å². The van der Waals surface area contributed by atoms with Gasteiger partial charge in [0.15, 0.2) is 6.10 Å². The third kappa shape index (κ3) is 83.7. The summed E-state index contributed by atoms with van der Waals surface area (Å²) in [5.41, 5.74) is 0. The van der Waals surface area contributed by atoms with E-state index in [1.165, 1.54) is 122 Å². The van der Waals surface area contributed by atoms with Crippen molar-refractivity contribution in [2.75, 3.05) is 39.6 Å².